The van der Waals surface area contributed by atoms with E-state index in [0.29, 0.717) is 30.4 Å². The van der Waals surface area contributed by atoms with E-state index in [1.54, 1.807) is 0 Å². The van der Waals surface area contributed by atoms with Gasteiger partial charge in [0.05, 0.1) is 6.61 Å². The molecule has 0 radical (unpaired) electrons. The Kier molecular flexibility index (Phi) is 4.54. The van der Waals surface area contributed by atoms with Crippen molar-refractivity contribution in [2.45, 2.75) is 71.4 Å². The maximum Gasteiger partial charge on any atom is 0.326 e. The number of hydrogen-bond acceptors (Lipinski definition) is 3. The minimum atomic E-state index is -0.428. The van der Waals surface area contributed by atoms with E-state index in [1.807, 2.05) is 6.92 Å². The first-order valence-corrected chi connectivity index (χ1v) is 7.94. The molecule has 2 aliphatic carbocycles. The Balaban J connectivity index is 2.26. The van der Waals surface area contributed by atoms with Gasteiger partial charge in [-0.05, 0) is 50.4 Å². The second-order valence-corrected chi connectivity index (χ2v) is 6.85. The number of hydrogen-bond donors (Lipinski definition) is 1. The molecule has 2 rings (SSSR count). The highest BCUT2D eigenvalue weighted by Gasteiger charge is 2.52. The van der Waals surface area contributed by atoms with Crippen LogP contribution in [0.1, 0.15) is 59.8 Å². The Morgan fingerprint density at radius 3 is 2.53 bits per heavy atom. The summed E-state index contributed by atoms with van der Waals surface area (Å²) >= 11 is 0. The first kappa shape index (κ1) is 14.8. The lowest BCUT2D eigenvalue weighted by molar-refractivity contribution is -0.158. The third-order valence-electron chi connectivity index (χ3n) is 4.76. The lowest BCUT2D eigenvalue weighted by Crippen LogP contribution is -2.62. The molecule has 0 aliphatic heterocycles. The standard InChI is InChI=1S/C16H29NO2/c1-5-19-15(18)16(17-13-7-8-13)10-12(4)6-9-14(16)11(2)3/h11-14,17H,5-10H2,1-4H3. The summed E-state index contributed by atoms with van der Waals surface area (Å²) in [4.78, 5) is 12.7. The van der Waals surface area contributed by atoms with Crippen molar-refractivity contribution in [2.24, 2.45) is 17.8 Å². The summed E-state index contributed by atoms with van der Waals surface area (Å²) in [7, 11) is 0. The highest BCUT2D eigenvalue weighted by molar-refractivity contribution is 5.81. The van der Waals surface area contributed by atoms with Gasteiger partial charge in [0.2, 0.25) is 0 Å². The van der Waals surface area contributed by atoms with Crippen molar-refractivity contribution in [3.05, 3.63) is 0 Å². The van der Waals surface area contributed by atoms with Crippen LogP contribution in [0.2, 0.25) is 0 Å². The summed E-state index contributed by atoms with van der Waals surface area (Å²) in [5.41, 5.74) is -0.428. The van der Waals surface area contributed by atoms with E-state index >= 15 is 0 Å². The van der Waals surface area contributed by atoms with E-state index in [4.69, 9.17) is 4.74 Å². The second kappa shape index (κ2) is 5.82. The van der Waals surface area contributed by atoms with Crippen molar-refractivity contribution < 1.29 is 9.53 Å². The molecule has 2 aliphatic rings. The predicted molar refractivity (Wildman–Crippen MR) is 76.9 cm³/mol. The Labute approximate surface area is 117 Å². The molecule has 3 atom stereocenters. The van der Waals surface area contributed by atoms with Gasteiger partial charge in [0.1, 0.15) is 5.54 Å². The first-order valence-electron chi connectivity index (χ1n) is 7.94. The lowest BCUT2D eigenvalue weighted by Gasteiger charge is -2.47. The van der Waals surface area contributed by atoms with Crippen molar-refractivity contribution >= 4 is 5.97 Å². The molecule has 110 valence electrons. The molecule has 2 fully saturated rings. The molecule has 1 N–H and O–H groups in total. The lowest BCUT2D eigenvalue weighted by atomic mass is 9.64. The van der Waals surface area contributed by atoms with Crippen LogP contribution in [0.25, 0.3) is 0 Å². The number of carbonyl (C=O) groups is 1. The zero-order valence-electron chi connectivity index (χ0n) is 12.9. The molecule has 0 aromatic heterocycles. The topological polar surface area (TPSA) is 38.3 Å². The third kappa shape index (κ3) is 3.13. The average molecular weight is 267 g/mol. The first-order chi connectivity index (χ1) is 8.99. The molecule has 3 nitrogen and oxygen atoms in total. The van der Waals surface area contributed by atoms with Crippen LogP contribution in [-0.4, -0.2) is 24.2 Å². The van der Waals surface area contributed by atoms with Crippen molar-refractivity contribution in [1.29, 1.82) is 0 Å². The molecule has 0 spiro atoms. The molecule has 0 aromatic carbocycles. The molecule has 0 heterocycles. The second-order valence-electron chi connectivity index (χ2n) is 6.85. The highest BCUT2D eigenvalue weighted by atomic mass is 16.5. The van der Waals surface area contributed by atoms with Crippen LogP contribution < -0.4 is 5.32 Å². The predicted octanol–water partition coefficient (Wildman–Crippen LogP) is 3.13. The number of nitrogens with one attached hydrogen (secondary N) is 1. The van der Waals surface area contributed by atoms with E-state index in [2.05, 4.69) is 26.1 Å². The molecule has 19 heavy (non-hydrogen) atoms. The molecule has 0 aromatic rings. The Morgan fingerprint density at radius 1 is 1.32 bits per heavy atom. The SMILES string of the molecule is CCOC(=O)C1(NC2CC2)CC(C)CCC1C(C)C. The Morgan fingerprint density at radius 2 is 2.00 bits per heavy atom. The van der Waals surface area contributed by atoms with Crippen LogP contribution in [0, 0.1) is 17.8 Å². The monoisotopic (exact) mass is 267 g/mol. The van der Waals surface area contributed by atoms with Gasteiger partial charge in [-0.25, -0.2) is 0 Å². The number of rotatable bonds is 5. The summed E-state index contributed by atoms with van der Waals surface area (Å²) in [6.07, 6.45) is 5.72. The molecule has 2 saturated carbocycles. The maximum absolute atomic E-state index is 12.7. The van der Waals surface area contributed by atoms with E-state index in [0.717, 1.165) is 12.8 Å². The summed E-state index contributed by atoms with van der Waals surface area (Å²) in [6, 6.07) is 0.538. The summed E-state index contributed by atoms with van der Waals surface area (Å²) in [5, 5.41) is 3.68. The fourth-order valence-corrected chi connectivity index (χ4v) is 3.73. The van der Waals surface area contributed by atoms with Crippen molar-refractivity contribution in [3.63, 3.8) is 0 Å². The number of esters is 1. The molecule has 0 bridgehead atoms. The highest BCUT2D eigenvalue weighted by Crippen LogP contribution is 2.43. The average Bonchev–Trinajstić information content (AvgIpc) is 3.12. The normalized spacial score (nSPS) is 35.4. The minimum absolute atomic E-state index is 0.00727. The third-order valence-corrected chi connectivity index (χ3v) is 4.76. The smallest absolute Gasteiger partial charge is 0.326 e. The van der Waals surface area contributed by atoms with E-state index < -0.39 is 5.54 Å². The summed E-state index contributed by atoms with van der Waals surface area (Å²) in [6.45, 7) is 9.12. The summed E-state index contributed by atoms with van der Waals surface area (Å²) in [5.74, 6) is 1.52. The van der Waals surface area contributed by atoms with Gasteiger partial charge in [-0.2, -0.15) is 0 Å². The maximum atomic E-state index is 12.7. The molecule has 3 unspecified atom stereocenters. The van der Waals surface area contributed by atoms with Gasteiger partial charge in [0.15, 0.2) is 0 Å². The van der Waals surface area contributed by atoms with Gasteiger partial charge in [0, 0.05) is 6.04 Å². The zero-order chi connectivity index (χ0) is 14.0. The van der Waals surface area contributed by atoms with Crippen LogP contribution in [0.4, 0.5) is 0 Å². The fraction of sp³-hybridized carbons (Fsp3) is 0.938. The van der Waals surface area contributed by atoms with E-state index in [9.17, 15) is 4.79 Å². The Bertz CT molecular complexity index is 321. The molecular formula is C16H29NO2. The zero-order valence-corrected chi connectivity index (χ0v) is 12.9. The number of carbonyl (C=O) groups excluding carboxylic acids is 1. The van der Waals surface area contributed by atoms with Gasteiger partial charge >= 0.3 is 5.97 Å². The van der Waals surface area contributed by atoms with Gasteiger partial charge in [-0.1, -0.05) is 27.2 Å². The number of ether oxygens (including phenoxy) is 1. The summed E-state index contributed by atoms with van der Waals surface area (Å²) < 4.78 is 5.44. The van der Waals surface area contributed by atoms with Crippen LogP contribution >= 0.6 is 0 Å². The quantitative estimate of drug-likeness (QED) is 0.778. The largest absolute Gasteiger partial charge is 0.465 e. The molecule has 0 amide bonds. The van der Waals surface area contributed by atoms with Crippen molar-refractivity contribution in [3.8, 4) is 0 Å². The van der Waals surface area contributed by atoms with Gasteiger partial charge in [-0.15, -0.1) is 0 Å². The molecule has 0 saturated heterocycles. The van der Waals surface area contributed by atoms with Crippen molar-refractivity contribution in [1.82, 2.24) is 5.32 Å². The van der Waals surface area contributed by atoms with E-state index in [-0.39, 0.29) is 5.97 Å². The van der Waals surface area contributed by atoms with Crippen molar-refractivity contribution in [2.75, 3.05) is 6.61 Å². The van der Waals surface area contributed by atoms with E-state index in [1.165, 1.54) is 19.3 Å². The van der Waals surface area contributed by atoms with Crippen LogP contribution in [0.3, 0.4) is 0 Å². The van der Waals surface area contributed by atoms with Gasteiger partial charge in [0.25, 0.3) is 0 Å². The molecular weight excluding hydrogens is 238 g/mol. The Hall–Kier alpha value is -0.570. The van der Waals surface area contributed by atoms with Gasteiger partial charge in [-0.3, -0.25) is 10.1 Å². The molecule has 3 heteroatoms. The minimum Gasteiger partial charge on any atom is -0.465 e. The van der Waals surface area contributed by atoms with Gasteiger partial charge < -0.3 is 4.74 Å². The van der Waals surface area contributed by atoms with Crippen LogP contribution in [0.15, 0.2) is 0 Å². The van der Waals surface area contributed by atoms with Crippen LogP contribution in [-0.2, 0) is 9.53 Å². The van der Waals surface area contributed by atoms with Crippen LogP contribution in [0.5, 0.6) is 0 Å². The fourth-order valence-electron chi connectivity index (χ4n) is 3.73.